The number of rotatable bonds is 31. The first-order chi connectivity index (χ1) is 39.9. The first kappa shape index (κ1) is 66.1. The summed E-state index contributed by atoms with van der Waals surface area (Å²) in [5.41, 5.74) is 4.29. The Balaban J connectivity index is 0.000000451. The topological polar surface area (TPSA) is 237 Å². The Morgan fingerprint density at radius 2 is 1.00 bits per heavy atom. The molecule has 0 spiro atoms. The van der Waals surface area contributed by atoms with Gasteiger partial charge in [0, 0.05) is 47.4 Å². The molecule has 0 aliphatic carbocycles. The number of hydrogen-bond donors (Lipinski definition) is 8. The van der Waals surface area contributed by atoms with Gasteiger partial charge in [-0.05, 0) is 98.7 Å². The van der Waals surface area contributed by atoms with Gasteiger partial charge in [-0.25, -0.2) is 19.7 Å². The van der Waals surface area contributed by atoms with E-state index in [0.717, 1.165) is 88.0 Å². The number of amides is 6. The Morgan fingerprint density at radius 3 is 1.51 bits per heavy atom. The Morgan fingerprint density at radius 1 is 0.506 bits per heavy atom. The summed E-state index contributed by atoms with van der Waals surface area (Å²) in [6.07, 6.45) is 9.66. The summed E-state index contributed by atoms with van der Waals surface area (Å²) in [4.78, 5) is 96.0. The van der Waals surface area contributed by atoms with Gasteiger partial charge in [0.25, 0.3) is 0 Å². The van der Waals surface area contributed by atoms with E-state index in [0.29, 0.717) is 12.8 Å². The minimum atomic E-state index is -1.13. The van der Waals surface area contributed by atoms with Crippen LogP contribution in [0.1, 0.15) is 123 Å². The van der Waals surface area contributed by atoms with Crippen LogP contribution in [0.2, 0.25) is 0 Å². The van der Waals surface area contributed by atoms with E-state index in [1.807, 2.05) is 163 Å². The third kappa shape index (κ3) is 23.9. The van der Waals surface area contributed by atoms with Crippen molar-refractivity contribution < 1.29 is 28.8 Å². The van der Waals surface area contributed by atoms with Crippen LogP contribution in [0, 0.1) is 11.8 Å². The molecule has 2 heterocycles. The number of anilines is 3. The normalized spacial score (nSPS) is 12.9. The van der Waals surface area contributed by atoms with Gasteiger partial charge in [0.05, 0.1) is 17.8 Å². The number of carbonyl (C=O) groups is 6. The Bertz CT molecular complexity index is 2970. The van der Waals surface area contributed by atoms with Gasteiger partial charge in [-0.2, -0.15) is 0 Å². The van der Waals surface area contributed by atoms with Crippen LogP contribution in [0.25, 0.3) is 10.9 Å². The molecule has 0 radical (unpaired) electrons. The molecule has 0 fully saturated rings. The highest BCUT2D eigenvalue weighted by molar-refractivity contribution is 9.10. The quantitative estimate of drug-likeness (QED) is 0.0191. The summed E-state index contributed by atoms with van der Waals surface area (Å²) >= 11 is 3.48. The van der Waals surface area contributed by atoms with E-state index in [1.165, 1.54) is 0 Å². The number of benzene rings is 4. The third-order valence-corrected chi connectivity index (χ3v) is 13.9. The Hall–Kier alpha value is -7.73. The largest absolute Gasteiger partial charge is 0.370 e. The van der Waals surface area contributed by atoms with Gasteiger partial charge in [-0.15, -0.1) is 0 Å². The molecule has 5 unspecified atom stereocenters. The molecular formula is C65H86BrN11O6. The molecule has 4 aromatic carbocycles. The highest BCUT2D eigenvalue weighted by Gasteiger charge is 2.34. The SMILES string of the molecule is CCCCCC(=O)C(Cc1ccccc1)NC(=O)C(CC(C)C)NC(=O)C(Cc1ccccc1)NC(=O)C(CC(C)C)NC(=O)C(Cc1ccccc1)NC(=O)NC(C)C.CCCCNc1cc2c(Nc3cccc(Br)c3)ncnc2cn1. The first-order valence-corrected chi connectivity index (χ1v) is 30.0. The van der Waals surface area contributed by atoms with E-state index in [2.05, 4.69) is 87.3 Å². The van der Waals surface area contributed by atoms with Crippen LogP contribution in [0.15, 0.2) is 138 Å². The van der Waals surface area contributed by atoms with Crippen molar-refractivity contribution in [2.75, 3.05) is 17.2 Å². The fourth-order valence-corrected chi connectivity index (χ4v) is 9.54. The molecule has 2 aromatic heterocycles. The van der Waals surface area contributed by atoms with Crippen molar-refractivity contribution in [1.82, 2.24) is 46.9 Å². The van der Waals surface area contributed by atoms with Gasteiger partial charge in [-0.1, -0.05) is 174 Å². The van der Waals surface area contributed by atoms with Crippen LogP contribution >= 0.6 is 15.9 Å². The predicted molar refractivity (Wildman–Crippen MR) is 335 cm³/mol. The van der Waals surface area contributed by atoms with Crippen molar-refractivity contribution in [3.63, 3.8) is 0 Å². The lowest BCUT2D eigenvalue weighted by Crippen LogP contribution is -2.60. The lowest BCUT2D eigenvalue weighted by Gasteiger charge is -2.28. The standard InChI is InChI=1S/C48H68N6O6.C17H18BrN5/c1-8-9-13-26-43(55)38(29-35-20-14-10-15-21-35)50-44(56)39(27-32(2)3)51-46(58)41(30-36-22-16-11-17-23-36)53-45(57)40(28-33(4)5)52-47(59)42(54-48(60)49-34(6)7)31-37-24-18-12-19-25-37;1-2-3-7-19-16-9-14-15(10-20-16)21-11-22-17(14)23-13-6-4-5-12(18)8-13/h10-12,14-25,32-34,38-42H,8-9,13,26-31H2,1-7H3,(H,50,56)(H,51,58)(H,52,59)(H,53,57)(H2,49,54,60);4-6,8-11H,2-3,7H2,1H3,(H,19,20)(H,21,22,23). The molecule has 0 bridgehead atoms. The summed E-state index contributed by atoms with van der Waals surface area (Å²) in [5, 5.41) is 24.8. The monoisotopic (exact) mass is 1200 g/mol. The van der Waals surface area contributed by atoms with Crippen molar-refractivity contribution in [3.05, 3.63) is 155 Å². The fraction of sp³-hybridized carbons (Fsp3) is 0.431. The van der Waals surface area contributed by atoms with Crippen LogP contribution in [0.3, 0.4) is 0 Å². The zero-order valence-corrected chi connectivity index (χ0v) is 51.1. The average Bonchev–Trinajstić information content (AvgIpc) is 3.56. The molecular weight excluding hydrogens is 1110 g/mol. The van der Waals surface area contributed by atoms with Crippen LogP contribution in [0.4, 0.5) is 22.1 Å². The van der Waals surface area contributed by atoms with Crippen molar-refractivity contribution in [2.24, 2.45) is 11.8 Å². The molecule has 5 atom stereocenters. The third-order valence-electron chi connectivity index (χ3n) is 13.4. The van der Waals surface area contributed by atoms with Crippen molar-refractivity contribution in [1.29, 1.82) is 0 Å². The fourth-order valence-electron chi connectivity index (χ4n) is 9.15. The van der Waals surface area contributed by atoms with Crippen LogP contribution in [-0.4, -0.2) is 93.2 Å². The average molecular weight is 1200 g/mol. The number of nitrogens with one attached hydrogen (secondary N) is 8. The van der Waals surface area contributed by atoms with E-state index in [4.69, 9.17) is 0 Å². The zero-order valence-electron chi connectivity index (χ0n) is 49.5. The van der Waals surface area contributed by atoms with E-state index >= 15 is 0 Å². The van der Waals surface area contributed by atoms with E-state index in [1.54, 1.807) is 12.5 Å². The van der Waals surface area contributed by atoms with Crippen LogP contribution < -0.4 is 42.5 Å². The van der Waals surface area contributed by atoms with E-state index in [-0.39, 0.29) is 49.3 Å². The summed E-state index contributed by atoms with van der Waals surface area (Å²) in [6.45, 7) is 16.5. The number of pyridine rings is 1. The maximum absolute atomic E-state index is 14.3. The number of carbonyl (C=O) groups excluding carboxylic acids is 6. The number of ketones is 1. The summed E-state index contributed by atoms with van der Waals surface area (Å²) in [5.74, 6) is -0.659. The second kappa shape index (κ2) is 35.3. The molecule has 0 saturated carbocycles. The minimum absolute atomic E-state index is 0.00161. The maximum Gasteiger partial charge on any atom is 0.315 e. The number of Topliss-reactive ketones (excluding diaryl/α,β-unsaturated/α-hetero) is 1. The molecule has 83 heavy (non-hydrogen) atoms. The second-order valence-electron chi connectivity index (χ2n) is 22.0. The Labute approximate surface area is 499 Å². The number of halogens is 1. The summed E-state index contributed by atoms with van der Waals surface area (Å²) in [6, 6.07) is 32.3. The van der Waals surface area contributed by atoms with Crippen LogP contribution in [0.5, 0.6) is 0 Å². The van der Waals surface area contributed by atoms with Gasteiger partial charge < -0.3 is 42.5 Å². The molecule has 6 aromatic rings. The molecule has 0 aliphatic heterocycles. The molecule has 6 rings (SSSR count). The van der Waals surface area contributed by atoms with Gasteiger partial charge in [0.15, 0.2) is 5.78 Å². The summed E-state index contributed by atoms with van der Waals surface area (Å²) in [7, 11) is 0. The number of nitrogens with zero attached hydrogens (tertiary/aromatic N) is 3. The lowest BCUT2D eigenvalue weighted by atomic mass is 9.97. The van der Waals surface area contributed by atoms with Crippen molar-refractivity contribution in [3.8, 4) is 0 Å². The van der Waals surface area contributed by atoms with Crippen LogP contribution in [-0.2, 0) is 43.2 Å². The van der Waals surface area contributed by atoms with Gasteiger partial charge in [-0.3, -0.25) is 24.0 Å². The molecule has 18 heteroatoms. The predicted octanol–water partition coefficient (Wildman–Crippen LogP) is 10.7. The first-order valence-electron chi connectivity index (χ1n) is 29.2. The van der Waals surface area contributed by atoms with E-state index < -0.39 is 59.9 Å². The molecule has 17 nitrogen and oxygen atoms in total. The van der Waals surface area contributed by atoms with E-state index in [9.17, 15) is 28.8 Å². The number of aromatic nitrogens is 3. The van der Waals surface area contributed by atoms with Gasteiger partial charge in [0.1, 0.15) is 42.1 Å². The summed E-state index contributed by atoms with van der Waals surface area (Å²) < 4.78 is 1.02. The minimum Gasteiger partial charge on any atom is -0.370 e. The molecule has 444 valence electrons. The smallest absolute Gasteiger partial charge is 0.315 e. The van der Waals surface area contributed by atoms with Crippen molar-refractivity contribution >= 4 is 79.6 Å². The highest BCUT2D eigenvalue weighted by atomic mass is 79.9. The number of urea groups is 1. The number of fused-ring (bicyclic) bond motifs is 1. The second-order valence-corrected chi connectivity index (χ2v) is 23.0. The number of hydrogen-bond acceptors (Lipinski definition) is 11. The molecule has 0 aliphatic rings. The number of unbranched alkanes of at least 4 members (excludes halogenated alkanes) is 3. The zero-order chi connectivity index (χ0) is 60.1. The molecule has 0 saturated heterocycles. The molecule has 8 N–H and O–H groups in total. The van der Waals surface area contributed by atoms with Gasteiger partial charge >= 0.3 is 6.03 Å². The lowest BCUT2D eigenvalue weighted by molar-refractivity contribution is -0.135. The van der Waals surface area contributed by atoms with Crippen molar-refractivity contribution in [2.45, 2.75) is 162 Å². The molecule has 6 amide bonds. The highest BCUT2D eigenvalue weighted by Crippen LogP contribution is 2.26. The van der Waals surface area contributed by atoms with Gasteiger partial charge in [0.2, 0.25) is 23.6 Å². The Kier molecular flexibility index (Phi) is 28.1. The maximum atomic E-state index is 14.3.